The second-order valence-electron chi connectivity index (χ2n) is 20.8. The molecule has 0 radical (unpaired) electrons. The summed E-state index contributed by atoms with van der Waals surface area (Å²) in [7, 11) is 12.0. The minimum absolute atomic E-state index is 0.0292. The van der Waals surface area contributed by atoms with E-state index in [4.69, 9.17) is 42.6 Å². The number of Topliss-reactive ketones (excluding diaryl/α,β-unsaturated/α-hetero) is 3. The van der Waals surface area contributed by atoms with Crippen molar-refractivity contribution in [1.82, 2.24) is 0 Å². The first-order valence-corrected chi connectivity index (χ1v) is 26.8. The Morgan fingerprint density at radius 1 is 0.372 bits per heavy atom. The summed E-state index contributed by atoms with van der Waals surface area (Å²) in [6.07, 6.45) is 2.78. The highest BCUT2D eigenvalue weighted by Gasteiger charge is 2.35. The highest BCUT2D eigenvalue weighted by atomic mass is 16.7. The molecular formula is C63H69N3O12. The molecule has 12 rings (SSSR count). The number of hydrogen-bond acceptors (Lipinski definition) is 15. The van der Waals surface area contributed by atoms with E-state index in [0.717, 1.165) is 119 Å². The van der Waals surface area contributed by atoms with Crippen LogP contribution in [0.4, 0.5) is 17.1 Å². The summed E-state index contributed by atoms with van der Waals surface area (Å²) in [6, 6.07) is 30.6. The predicted octanol–water partition coefficient (Wildman–Crippen LogP) is 10.6. The Hall–Kier alpha value is -8.07. The Morgan fingerprint density at radius 3 is 0.872 bits per heavy atom. The molecule has 0 saturated carbocycles. The van der Waals surface area contributed by atoms with Crippen molar-refractivity contribution in [2.75, 3.05) is 97.2 Å². The van der Waals surface area contributed by atoms with Gasteiger partial charge in [-0.05, 0) is 109 Å². The van der Waals surface area contributed by atoms with Gasteiger partial charge in [-0.3, -0.25) is 14.4 Å². The maximum Gasteiger partial charge on any atom is 0.231 e. The number of carbonyl (C=O) groups excluding carboxylic acids is 3. The molecule has 15 nitrogen and oxygen atoms in total. The van der Waals surface area contributed by atoms with Gasteiger partial charge in [0, 0.05) is 151 Å². The van der Waals surface area contributed by atoms with Crippen LogP contribution in [0.2, 0.25) is 0 Å². The Balaban J connectivity index is 0.000000132. The van der Waals surface area contributed by atoms with Gasteiger partial charge in [0.25, 0.3) is 0 Å². The molecule has 0 amide bonds. The molecule has 0 N–H and O–H groups in total. The van der Waals surface area contributed by atoms with E-state index in [0.29, 0.717) is 58.3 Å². The lowest BCUT2D eigenvalue weighted by atomic mass is 9.77. The third-order valence-electron chi connectivity index (χ3n) is 15.1. The number of benzene rings is 6. The van der Waals surface area contributed by atoms with Gasteiger partial charge in [-0.1, -0.05) is 18.2 Å². The van der Waals surface area contributed by atoms with Crippen LogP contribution >= 0.6 is 0 Å². The summed E-state index contributed by atoms with van der Waals surface area (Å²) >= 11 is 0. The van der Waals surface area contributed by atoms with Gasteiger partial charge in [0.2, 0.25) is 20.4 Å². The third kappa shape index (κ3) is 11.1. The first kappa shape index (κ1) is 53.3. The van der Waals surface area contributed by atoms with Crippen molar-refractivity contribution in [2.45, 2.75) is 77.0 Å². The van der Waals surface area contributed by atoms with Gasteiger partial charge in [-0.2, -0.15) is 0 Å². The van der Waals surface area contributed by atoms with E-state index in [2.05, 4.69) is 36.4 Å². The van der Waals surface area contributed by atoms with Crippen LogP contribution in [0, 0.1) is 0 Å². The van der Waals surface area contributed by atoms with E-state index in [1.54, 1.807) is 0 Å². The predicted molar refractivity (Wildman–Crippen MR) is 299 cm³/mol. The largest absolute Gasteiger partial charge is 0.493 e. The highest BCUT2D eigenvalue weighted by Crippen LogP contribution is 2.49. The molecule has 0 saturated heterocycles. The zero-order valence-electron chi connectivity index (χ0n) is 46.1. The first-order chi connectivity index (χ1) is 37.7. The molecule has 0 aromatic heterocycles. The van der Waals surface area contributed by atoms with Crippen LogP contribution in [-0.4, -0.2) is 99.8 Å². The molecule has 3 aliphatic heterocycles. The van der Waals surface area contributed by atoms with E-state index in [1.165, 1.54) is 0 Å². The molecular weight excluding hydrogens is 991 g/mol. The van der Waals surface area contributed by atoms with Crippen LogP contribution in [-0.2, 0) is 33.6 Å². The molecule has 0 bridgehead atoms. The zero-order chi connectivity index (χ0) is 54.8. The lowest BCUT2D eigenvalue weighted by Crippen LogP contribution is -2.20. The quantitative estimate of drug-likeness (QED) is 0.115. The summed E-state index contributed by atoms with van der Waals surface area (Å²) < 4.78 is 50.9. The van der Waals surface area contributed by atoms with Gasteiger partial charge in [0.05, 0.1) is 19.8 Å². The van der Waals surface area contributed by atoms with Gasteiger partial charge < -0.3 is 57.3 Å². The minimum Gasteiger partial charge on any atom is -0.493 e. The molecule has 0 spiro atoms. The monoisotopic (exact) mass is 1060 g/mol. The van der Waals surface area contributed by atoms with E-state index in [1.807, 2.05) is 132 Å². The fourth-order valence-corrected chi connectivity index (χ4v) is 11.2. The summed E-state index contributed by atoms with van der Waals surface area (Å²) in [5.41, 5.74) is 12.8. The second kappa shape index (κ2) is 22.9. The van der Waals surface area contributed by atoms with Gasteiger partial charge in [-0.25, -0.2) is 0 Å². The Labute approximate surface area is 456 Å². The van der Waals surface area contributed by atoms with Crippen molar-refractivity contribution < 1.29 is 57.0 Å². The van der Waals surface area contributed by atoms with Gasteiger partial charge in [0.15, 0.2) is 34.5 Å². The summed E-state index contributed by atoms with van der Waals surface area (Å²) in [4.78, 5) is 43.4. The van der Waals surface area contributed by atoms with Crippen LogP contribution in [0.1, 0.15) is 108 Å². The van der Waals surface area contributed by atoms with Crippen molar-refractivity contribution >= 4 is 34.4 Å². The topological polar surface area (TPSA) is 144 Å². The molecule has 408 valence electrons. The van der Waals surface area contributed by atoms with Crippen LogP contribution in [0.15, 0.2) is 91.0 Å². The molecule has 0 fully saturated rings. The summed E-state index contributed by atoms with van der Waals surface area (Å²) in [5.74, 6) is 7.58. The van der Waals surface area contributed by atoms with E-state index in [-0.39, 0.29) is 55.5 Å². The van der Waals surface area contributed by atoms with Crippen molar-refractivity contribution in [1.29, 1.82) is 0 Å². The number of rotatable bonds is 12. The van der Waals surface area contributed by atoms with Gasteiger partial charge in [0.1, 0.15) is 34.6 Å². The number of hydrogen-bond donors (Lipinski definition) is 0. The molecule has 3 aliphatic carbocycles. The molecule has 15 heteroatoms. The lowest BCUT2D eigenvalue weighted by molar-refractivity contribution is -0.119. The van der Waals surface area contributed by atoms with Gasteiger partial charge in [-0.15, -0.1) is 0 Å². The molecule has 78 heavy (non-hydrogen) atoms. The van der Waals surface area contributed by atoms with E-state index >= 15 is 0 Å². The molecule has 6 aromatic rings. The van der Waals surface area contributed by atoms with Crippen molar-refractivity contribution in [3.05, 3.63) is 141 Å². The second-order valence-corrected chi connectivity index (χ2v) is 20.8. The SMILES string of the molecule is CCOc1cc(N(C)C)ccc1C1CC(=O)Cc2cc3c(cc21)OCO3.CCOc1cc(N(C)C)ccc1[C@@H]1CC(=O)Cc2cc3c(cc21)OCO3.CCOc1cc(N(C)C)ccc1[C@H]1CC(=O)Cc2cc3c(cc21)OCO3. The normalized spacial score (nSPS) is 17.8. The maximum absolute atomic E-state index is 12.4. The van der Waals surface area contributed by atoms with Crippen molar-refractivity contribution in [3.63, 3.8) is 0 Å². The van der Waals surface area contributed by atoms with Crippen molar-refractivity contribution in [2.24, 2.45) is 0 Å². The van der Waals surface area contributed by atoms with Gasteiger partial charge >= 0.3 is 0 Å². The standard InChI is InChI=1S/3C21H23NO4/c3*1-4-24-19-9-14(22(2)3)5-6-16(19)18-10-15(23)7-13-8-20-21(11-17(13)18)26-12-25-20/h3*5-6,8-9,11,18H,4,7,10,12H2,1-3H3/t2*18-;/m10./s1. The summed E-state index contributed by atoms with van der Waals surface area (Å²) in [6.45, 7) is 8.38. The first-order valence-electron chi connectivity index (χ1n) is 26.8. The Bertz CT molecular complexity index is 2920. The van der Waals surface area contributed by atoms with Crippen molar-refractivity contribution in [3.8, 4) is 51.7 Å². The van der Waals surface area contributed by atoms with Crippen LogP contribution < -0.4 is 57.3 Å². The maximum atomic E-state index is 12.4. The average Bonchev–Trinajstić information content (AvgIpc) is 4.36. The number of carbonyl (C=O) groups is 3. The summed E-state index contributed by atoms with van der Waals surface area (Å²) in [5, 5.41) is 0. The Kier molecular flexibility index (Phi) is 15.6. The van der Waals surface area contributed by atoms with Crippen LogP contribution in [0.3, 0.4) is 0 Å². The zero-order valence-corrected chi connectivity index (χ0v) is 46.1. The molecule has 1 unspecified atom stereocenters. The lowest BCUT2D eigenvalue weighted by Gasteiger charge is -2.28. The number of ether oxygens (including phenoxy) is 9. The van der Waals surface area contributed by atoms with Crippen LogP contribution in [0.5, 0.6) is 51.7 Å². The number of fused-ring (bicyclic) bond motifs is 6. The highest BCUT2D eigenvalue weighted by molar-refractivity contribution is 5.87. The third-order valence-corrected chi connectivity index (χ3v) is 15.1. The van der Waals surface area contributed by atoms with E-state index in [9.17, 15) is 14.4 Å². The smallest absolute Gasteiger partial charge is 0.231 e. The number of nitrogens with zero attached hydrogens (tertiary/aromatic N) is 3. The molecule has 3 heterocycles. The molecule has 6 aliphatic rings. The number of anilines is 3. The van der Waals surface area contributed by atoms with Crippen LogP contribution in [0.25, 0.3) is 0 Å². The molecule has 6 aromatic carbocycles. The van der Waals surface area contributed by atoms with E-state index < -0.39 is 0 Å². The fraction of sp³-hybridized carbons (Fsp3) is 0.381. The number of ketones is 3. The Morgan fingerprint density at radius 2 is 0.628 bits per heavy atom. The minimum atomic E-state index is -0.0292. The average molecular weight is 1060 g/mol. The molecule has 3 atom stereocenters. The fourth-order valence-electron chi connectivity index (χ4n) is 11.2.